The van der Waals surface area contributed by atoms with Crippen LogP contribution >= 0.6 is 0 Å². The van der Waals surface area contributed by atoms with Crippen molar-refractivity contribution >= 4 is 6.29 Å². The predicted molar refractivity (Wildman–Crippen MR) is 71.9 cm³/mol. The van der Waals surface area contributed by atoms with Crippen molar-refractivity contribution in [3.63, 3.8) is 0 Å². The van der Waals surface area contributed by atoms with E-state index in [1.165, 1.54) is 0 Å². The van der Waals surface area contributed by atoms with Crippen molar-refractivity contribution in [2.45, 2.75) is 19.4 Å². The number of rotatable bonds is 4. The Kier molecular flexibility index (Phi) is 3.47. The van der Waals surface area contributed by atoms with Gasteiger partial charge in [0.1, 0.15) is 17.6 Å². The normalized spacial score (nSPS) is 11.0. The molecule has 0 aliphatic carbocycles. The molecule has 2 heteroatoms. The minimum atomic E-state index is -0.428. The maximum absolute atomic E-state index is 10.7. The molecule has 2 aromatic carbocycles. The van der Waals surface area contributed by atoms with E-state index < -0.39 is 5.60 Å². The SMILES string of the molecule is CC(C)(Oc1cccc(C=O)c1)c1ccccc1. The molecule has 0 radical (unpaired) electrons. The number of benzene rings is 2. The molecule has 0 saturated carbocycles. The third-order valence-electron chi connectivity index (χ3n) is 2.84. The van der Waals surface area contributed by atoms with Crippen LogP contribution in [0.3, 0.4) is 0 Å². The van der Waals surface area contributed by atoms with E-state index in [4.69, 9.17) is 4.74 Å². The minimum absolute atomic E-state index is 0.428. The third kappa shape index (κ3) is 2.77. The number of aldehydes is 1. The second-order valence-electron chi connectivity index (χ2n) is 4.67. The maximum Gasteiger partial charge on any atom is 0.150 e. The molecule has 2 aromatic rings. The number of hydrogen-bond acceptors (Lipinski definition) is 2. The molecule has 92 valence electrons. The molecule has 0 aromatic heterocycles. The highest BCUT2D eigenvalue weighted by Crippen LogP contribution is 2.27. The summed E-state index contributed by atoms with van der Waals surface area (Å²) in [4.78, 5) is 10.7. The fraction of sp³-hybridized carbons (Fsp3) is 0.188. The van der Waals surface area contributed by atoms with Crippen LogP contribution in [-0.4, -0.2) is 6.29 Å². The van der Waals surface area contributed by atoms with Gasteiger partial charge in [-0.05, 0) is 31.5 Å². The number of hydrogen-bond donors (Lipinski definition) is 0. The van der Waals surface area contributed by atoms with Crippen LogP contribution in [0.25, 0.3) is 0 Å². The Morgan fingerprint density at radius 2 is 1.72 bits per heavy atom. The lowest BCUT2D eigenvalue weighted by molar-refractivity contribution is 0.107. The molecule has 0 spiro atoms. The molecule has 0 N–H and O–H groups in total. The van der Waals surface area contributed by atoms with Gasteiger partial charge in [0.15, 0.2) is 0 Å². The first-order valence-electron chi connectivity index (χ1n) is 5.91. The minimum Gasteiger partial charge on any atom is -0.483 e. The lowest BCUT2D eigenvalue weighted by Gasteiger charge is -2.27. The predicted octanol–water partition coefficient (Wildman–Crippen LogP) is 3.81. The first kappa shape index (κ1) is 12.4. The van der Waals surface area contributed by atoms with E-state index in [0.29, 0.717) is 11.3 Å². The number of carbonyl (C=O) groups excluding carboxylic acids is 1. The van der Waals surface area contributed by atoms with Gasteiger partial charge in [-0.1, -0.05) is 42.5 Å². The van der Waals surface area contributed by atoms with Crippen molar-refractivity contribution < 1.29 is 9.53 Å². The molecular weight excluding hydrogens is 224 g/mol. The smallest absolute Gasteiger partial charge is 0.150 e. The van der Waals surface area contributed by atoms with Gasteiger partial charge in [-0.3, -0.25) is 4.79 Å². The number of ether oxygens (including phenoxy) is 1. The Bertz CT molecular complexity index is 530. The van der Waals surface area contributed by atoms with Crippen molar-refractivity contribution in [2.75, 3.05) is 0 Å². The molecule has 0 amide bonds. The fourth-order valence-electron chi connectivity index (χ4n) is 1.84. The zero-order chi connectivity index (χ0) is 13.0. The topological polar surface area (TPSA) is 26.3 Å². The Morgan fingerprint density at radius 3 is 2.39 bits per heavy atom. The first-order valence-corrected chi connectivity index (χ1v) is 5.91. The van der Waals surface area contributed by atoms with E-state index in [2.05, 4.69) is 0 Å². The van der Waals surface area contributed by atoms with Gasteiger partial charge >= 0.3 is 0 Å². The maximum atomic E-state index is 10.7. The molecule has 0 bridgehead atoms. The van der Waals surface area contributed by atoms with Gasteiger partial charge in [0.05, 0.1) is 0 Å². The molecule has 0 saturated heterocycles. The highest BCUT2D eigenvalue weighted by Gasteiger charge is 2.22. The van der Waals surface area contributed by atoms with E-state index in [1.807, 2.05) is 56.3 Å². The molecular formula is C16H16O2. The summed E-state index contributed by atoms with van der Waals surface area (Å²) >= 11 is 0. The van der Waals surface area contributed by atoms with E-state index in [1.54, 1.807) is 12.1 Å². The molecule has 18 heavy (non-hydrogen) atoms. The Labute approximate surface area is 107 Å². The van der Waals surface area contributed by atoms with E-state index >= 15 is 0 Å². The molecule has 0 aliphatic heterocycles. The van der Waals surface area contributed by atoms with Gasteiger partial charge < -0.3 is 4.74 Å². The highest BCUT2D eigenvalue weighted by molar-refractivity contribution is 5.75. The Hall–Kier alpha value is -2.09. The van der Waals surface area contributed by atoms with Crippen LogP contribution in [0.4, 0.5) is 0 Å². The van der Waals surface area contributed by atoms with Crippen molar-refractivity contribution in [3.05, 3.63) is 65.7 Å². The van der Waals surface area contributed by atoms with Crippen LogP contribution in [0.2, 0.25) is 0 Å². The van der Waals surface area contributed by atoms with E-state index in [9.17, 15) is 4.79 Å². The summed E-state index contributed by atoms with van der Waals surface area (Å²) < 4.78 is 5.97. The van der Waals surface area contributed by atoms with Crippen LogP contribution in [0, 0.1) is 0 Å². The van der Waals surface area contributed by atoms with Crippen LogP contribution < -0.4 is 4.74 Å². The molecule has 0 fully saturated rings. The summed E-state index contributed by atoms with van der Waals surface area (Å²) in [6.45, 7) is 4.02. The monoisotopic (exact) mass is 240 g/mol. The summed E-state index contributed by atoms with van der Waals surface area (Å²) in [5.74, 6) is 0.702. The standard InChI is InChI=1S/C16H16O2/c1-16(2,14-8-4-3-5-9-14)18-15-10-6-7-13(11-15)12-17/h3-12H,1-2H3. The second-order valence-corrected chi connectivity index (χ2v) is 4.67. The van der Waals surface area contributed by atoms with Gasteiger partial charge in [0.2, 0.25) is 0 Å². The van der Waals surface area contributed by atoms with Crippen LogP contribution in [-0.2, 0) is 5.60 Å². The van der Waals surface area contributed by atoms with Gasteiger partial charge in [0.25, 0.3) is 0 Å². The van der Waals surface area contributed by atoms with E-state index in [0.717, 1.165) is 11.8 Å². The first-order chi connectivity index (χ1) is 8.62. The summed E-state index contributed by atoms with van der Waals surface area (Å²) in [5.41, 5.74) is 1.29. The van der Waals surface area contributed by atoms with Crippen LogP contribution in [0.5, 0.6) is 5.75 Å². The summed E-state index contributed by atoms with van der Waals surface area (Å²) in [5, 5.41) is 0. The largest absolute Gasteiger partial charge is 0.483 e. The summed E-state index contributed by atoms with van der Waals surface area (Å²) in [6.07, 6.45) is 0.822. The van der Waals surface area contributed by atoms with Gasteiger partial charge in [0, 0.05) is 5.56 Å². The molecule has 0 atom stereocenters. The third-order valence-corrected chi connectivity index (χ3v) is 2.84. The van der Waals surface area contributed by atoms with Crippen molar-refractivity contribution in [1.29, 1.82) is 0 Å². The van der Waals surface area contributed by atoms with Crippen molar-refractivity contribution in [2.24, 2.45) is 0 Å². The van der Waals surface area contributed by atoms with Crippen molar-refractivity contribution in [1.82, 2.24) is 0 Å². The number of carbonyl (C=O) groups is 1. The molecule has 0 unspecified atom stereocenters. The second kappa shape index (κ2) is 5.05. The highest BCUT2D eigenvalue weighted by atomic mass is 16.5. The summed E-state index contributed by atoms with van der Waals surface area (Å²) in [6, 6.07) is 17.2. The molecule has 2 nitrogen and oxygen atoms in total. The zero-order valence-corrected chi connectivity index (χ0v) is 10.6. The van der Waals surface area contributed by atoms with Gasteiger partial charge in [-0.2, -0.15) is 0 Å². The molecule has 0 aliphatic rings. The Balaban J connectivity index is 2.24. The zero-order valence-electron chi connectivity index (χ0n) is 10.6. The van der Waals surface area contributed by atoms with Crippen molar-refractivity contribution in [3.8, 4) is 5.75 Å². The van der Waals surface area contributed by atoms with Crippen LogP contribution in [0.1, 0.15) is 29.8 Å². The molecule has 0 heterocycles. The average molecular weight is 240 g/mol. The Morgan fingerprint density at radius 1 is 1.00 bits per heavy atom. The van der Waals surface area contributed by atoms with E-state index in [-0.39, 0.29) is 0 Å². The fourth-order valence-corrected chi connectivity index (χ4v) is 1.84. The average Bonchev–Trinajstić information content (AvgIpc) is 2.39. The summed E-state index contributed by atoms with van der Waals surface area (Å²) in [7, 11) is 0. The van der Waals surface area contributed by atoms with Gasteiger partial charge in [-0.15, -0.1) is 0 Å². The quantitative estimate of drug-likeness (QED) is 0.759. The van der Waals surface area contributed by atoms with Gasteiger partial charge in [-0.25, -0.2) is 0 Å². The lowest BCUT2D eigenvalue weighted by atomic mass is 9.98. The lowest BCUT2D eigenvalue weighted by Crippen LogP contribution is -2.25. The van der Waals surface area contributed by atoms with Crippen LogP contribution in [0.15, 0.2) is 54.6 Å². The molecule has 2 rings (SSSR count).